The van der Waals surface area contributed by atoms with Crippen LogP contribution in [0.25, 0.3) is 0 Å². The van der Waals surface area contributed by atoms with Crippen LogP contribution in [-0.4, -0.2) is 60.5 Å². The lowest BCUT2D eigenvalue weighted by Crippen LogP contribution is -2.67. The van der Waals surface area contributed by atoms with E-state index in [0.29, 0.717) is 36.2 Å². The summed E-state index contributed by atoms with van der Waals surface area (Å²) in [7, 11) is -2.91. The molecule has 3 aromatic carbocycles. The van der Waals surface area contributed by atoms with Crippen molar-refractivity contribution in [1.82, 2.24) is 15.8 Å². The number of pyridine rings is 1. The number of thioether (sulfide) groups is 1. The van der Waals surface area contributed by atoms with Gasteiger partial charge in [0.15, 0.2) is 5.69 Å². The molecule has 0 bridgehead atoms. The van der Waals surface area contributed by atoms with Gasteiger partial charge in [0.05, 0.1) is 17.9 Å². The first kappa shape index (κ1) is 47.8. The molecule has 18 heteroatoms. The molecule has 10 nitrogen and oxygen atoms in total. The zero-order chi connectivity index (χ0) is 44.4. The number of hydrogen-bond acceptors (Lipinski definition) is 7. The van der Waals surface area contributed by atoms with Crippen LogP contribution in [0.3, 0.4) is 0 Å². The maximum atomic E-state index is 15.2. The Morgan fingerprint density at radius 1 is 0.817 bits per heavy atom. The van der Waals surface area contributed by atoms with Crippen LogP contribution < -0.4 is 26.5 Å². The van der Waals surface area contributed by atoms with Crippen molar-refractivity contribution in [2.45, 2.75) is 101 Å². The number of nitrogens with zero attached hydrogens (tertiary/aromatic N) is 1. The molecule has 0 radical (unpaired) electrons. The van der Waals surface area contributed by atoms with Crippen molar-refractivity contribution < 1.29 is 55.0 Å². The number of hydrazine groups is 1. The van der Waals surface area contributed by atoms with E-state index < -0.39 is 79.2 Å². The summed E-state index contributed by atoms with van der Waals surface area (Å²) in [6.45, 7) is 7.70. The number of rotatable bonds is 17. The van der Waals surface area contributed by atoms with Crippen LogP contribution in [0, 0.1) is 0 Å². The number of amides is 3. The minimum Gasteiger partial charge on any atom is -0.465 e. The van der Waals surface area contributed by atoms with Gasteiger partial charge in [-0.1, -0.05) is 125 Å². The number of ether oxygens (including phenoxy) is 1. The molecular formula is C42H48F6N4O6SSi. The van der Waals surface area contributed by atoms with Crippen LogP contribution >= 0.6 is 11.8 Å². The summed E-state index contributed by atoms with van der Waals surface area (Å²) in [4.78, 5) is 41.9. The molecule has 0 aliphatic carbocycles. The minimum absolute atomic E-state index is 0.147. The Morgan fingerprint density at radius 2 is 1.37 bits per heavy atom. The third kappa shape index (κ3) is 11.5. The summed E-state index contributed by atoms with van der Waals surface area (Å²) in [6, 6.07) is 28.1. The van der Waals surface area contributed by atoms with Crippen molar-refractivity contribution in [2.75, 3.05) is 11.6 Å². The molecule has 4 aromatic rings. The van der Waals surface area contributed by atoms with Gasteiger partial charge >= 0.3 is 18.4 Å². The van der Waals surface area contributed by atoms with Gasteiger partial charge in [0, 0.05) is 6.10 Å². The van der Waals surface area contributed by atoms with Crippen LogP contribution in [0.2, 0.25) is 5.04 Å². The highest BCUT2D eigenvalue weighted by Gasteiger charge is 2.61. The summed E-state index contributed by atoms with van der Waals surface area (Å²) in [5.41, 5.74) is -2.94. The zero-order valence-corrected chi connectivity index (χ0v) is 35.5. The summed E-state index contributed by atoms with van der Waals surface area (Å²) < 4.78 is 99.2. The van der Waals surface area contributed by atoms with Gasteiger partial charge in [0.1, 0.15) is 5.03 Å². The molecular weight excluding hydrogens is 831 g/mol. The van der Waals surface area contributed by atoms with Crippen molar-refractivity contribution in [2.24, 2.45) is 0 Å². The number of carbonyl (C=O) groups excluding carboxylic acids is 2. The number of halogens is 6. The topological polar surface area (TPSA) is 139 Å². The Hall–Kier alpha value is -4.91. The van der Waals surface area contributed by atoms with E-state index in [1.807, 2.05) is 43.3 Å². The molecule has 1 aromatic heterocycles. The first-order chi connectivity index (χ1) is 28.2. The molecule has 324 valence electrons. The average molecular weight is 879 g/mol. The van der Waals surface area contributed by atoms with E-state index >= 15 is 13.2 Å². The molecule has 4 N–H and O–H groups in total. The van der Waals surface area contributed by atoms with E-state index in [2.05, 4.69) is 50.0 Å². The Labute approximate surface area is 350 Å². The number of alkyl halides is 6. The Bertz CT molecular complexity index is 2020. The van der Waals surface area contributed by atoms with Crippen LogP contribution in [0.4, 0.5) is 36.8 Å². The second kappa shape index (κ2) is 20.1. The smallest absolute Gasteiger partial charge is 0.426 e. The quantitative estimate of drug-likeness (QED) is 0.0271. The number of benzene rings is 3. The molecule has 0 saturated heterocycles. The first-order valence-electron chi connectivity index (χ1n) is 19.0. The average Bonchev–Trinajstić information content (AvgIpc) is 3.19. The lowest BCUT2D eigenvalue weighted by atomic mass is 9.93. The Morgan fingerprint density at radius 3 is 1.85 bits per heavy atom. The molecule has 60 heavy (non-hydrogen) atoms. The standard InChI is InChI=1S/C42H48F6N4O6SSi/c1-28(58-60(39(2,3)4,30-21-13-7-14-22-30)31-23-15-8-16-24-31)18-10-9-17-25-40(42(46,47)48,57-27-29-19-11-6-12-20-29)37(54)52-51-35(53)34-33(49-38(55)56)26-32(41(43,44)45)36(50-34)59-5/h6-8,11-16,19-24,26,28,49H,9-10,17-18,25,27H2,1-5H3,(H,51,53)(H,52,54)(H,55,56)/t28-,40-/m1/s1. The summed E-state index contributed by atoms with van der Waals surface area (Å²) in [5, 5.41) is 12.0. The lowest BCUT2D eigenvalue weighted by Gasteiger charge is -2.44. The van der Waals surface area contributed by atoms with Crippen molar-refractivity contribution in [1.29, 1.82) is 0 Å². The second-order valence-corrected chi connectivity index (χ2v) is 20.1. The lowest BCUT2D eigenvalue weighted by molar-refractivity contribution is -0.273. The fourth-order valence-electron chi connectivity index (χ4n) is 6.93. The van der Waals surface area contributed by atoms with E-state index in [1.54, 1.807) is 34.4 Å². The minimum atomic E-state index is -5.33. The maximum absolute atomic E-state index is 15.2. The molecule has 0 spiro atoms. The van der Waals surface area contributed by atoms with Crippen molar-refractivity contribution >= 4 is 54.0 Å². The van der Waals surface area contributed by atoms with Crippen LogP contribution in [-0.2, 0) is 26.7 Å². The third-order valence-electron chi connectivity index (χ3n) is 9.82. The molecule has 1 heterocycles. The van der Waals surface area contributed by atoms with E-state index in [4.69, 9.17) is 9.16 Å². The molecule has 3 amide bonds. The highest BCUT2D eigenvalue weighted by molar-refractivity contribution is 7.98. The molecule has 0 fully saturated rings. The molecule has 4 rings (SSSR count). The molecule has 2 atom stereocenters. The van der Waals surface area contributed by atoms with Crippen LogP contribution in [0.5, 0.6) is 0 Å². The highest BCUT2D eigenvalue weighted by atomic mass is 32.2. The molecule has 0 saturated carbocycles. The van der Waals surface area contributed by atoms with Crippen LogP contribution in [0.15, 0.2) is 102 Å². The fraction of sp³-hybridized carbons (Fsp3) is 0.381. The number of aromatic nitrogens is 1. The number of nitrogens with one attached hydrogen (secondary N) is 3. The number of anilines is 1. The van der Waals surface area contributed by atoms with Gasteiger partial charge in [-0.3, -0.25) is 25.8 Å². The Balaban J connectivity index is 1.55. The molecule has 0 aliphatic heterocycles. The van der Waals surface area contributed by atoms with Crippen LogP contribution in [0.1, 0.15) is 81.4 Å². The normalized spacial score (nSPS) is 13.8. The van der Waals surface area contributed by atoms with Crippen molar-refractivity contribution in [3.05, 3.63) is 114 Å². The van der Waals surface area contributed by atoms with E-state index in [0.717, 1.165) is 10.4 Å². The predicted octanol–water partition coefficient (Wildman–Crippen LogP) is 9.11. The van der Waals surface area contributed by atoms with Gasteiger partial charge in [-0.05, 0) is 59.5 Å². The van der Waals surface area contributed by atoms with E-state index in [9.17, 15) is 32.7 Å². The van der Waals surface area contributed by atoms with Gasteiger partial charge in [0.25, 0.3) is 20.1 Å². The van der Waals surface area contributed by atoms with E-state index in [-0.39, 0.29) is 24.0 Å². The zero-order valence-electron chi connectivity index (χ0n) is 33.7. The van der Waals surface area contributed by atoms with Gasteiger partial charge in [-0.15, -0.1) is 11.8 Å². The summed E-state index contributed by atoms with van der Waals surface area (Å²) in [5.74, 6) is -3.31. The fourth-order valence-corrected chi connectivity index (χ4v) is 12.2. The van der Waals surface area contributed by atoms with E-state index in [1.165, 1.54) is 18.4 Å². The van der Waals surface area contributed by atoms with Crippen molar-refractivity contribution in [3.63, 3.8) is 0 Å². The van der Waals surface area contributed by atoms with Gasteiger partial charge < -0.3 is 14.3 Å². The maximum Gasteiger partial charge on any atom is 0.426 e. The predicted molar refractivity (Wildman–Crippen MR) is 220 cm³/mol. The SMILES string of the molecule is CSc1nc(C(=O)NNC(=O)[C@@](CCCCC[C@@H](C)O[Si](c2ccccc2)(c2ccccc2)C(C)(C)C)(OCc2ccccc2)C(F)(F)F)c(NC(=O)O)cc1C(F)(F)F. The Kier molecular flexibility index (Phi) is 16.0. The van der Waals surface area contributed by atoms with Gasteiger partial charge in [-0.2, -0.15) is 26.3 Å². The molecule has 0 aliphatic rings. The summed E-state index contributed by atoms with van der Waals surface area (Å²) >= 11 is 0.485. The monoisotopic (exact) mass is 878 g/mol. The number of hydrogen-bond donors (Lipinski definition) is 4. The van der Waals surface area contributed by atoms with Gasteiger partial charge in [0.2, 0.25) is 5.60 Å². The first-order valence-corrected chi connectivity index (χ1v) is 22.1. The number of unbranched alkanes of at least 4 members (excludes halogenated alkanes) is 2. The second-order valence-electron chi connectivity index (χ2n) is 15.1. The van der Waals surface area contributed by atoms with Gasteiger partial charge in [-0.25, -0.2) is 9.78 Å². The third-order valence-corrected chi connectivity index (χ3v) is 15.7. The molecule has 0 unspecified atom stereocenters. The number of carbonyl (C=O) groups is 3. The highest BCUT2D eigenvalue weighted by Crippen LogP contribution is 2.41. The largest absolute Gasteiger partial charge is 0.465 e. The number of carboxylic acid groups (broad SMARTS) is 1. The summed E-state index contributed by atoms with van der Waals surface area (Å²) in [6.07, 6.45) is -11.1. The van der Waals surface area contributed by atoms with Crippen molar-refractivity contribution in [3.8, 4) is 0 Å².